The molecule has 0 aliphatic carbocycles. The van der Waals surface area contributed by atoms with Crippen molar-refractivity contribution in [1.29, 1.82) is 0 Å². The van der Waals surface area contributed by atoms with Crippen LogP contribution in [0.15, 0.2) is 60.7 Å². The van der Waals surface area contributed by atoms with Crippen molar-refractivity contribution < 1.29 is 10.2 Å². The van der Waals surface area contributed by atoms with Gasteiger partial charge in [-0.05, 0) is 12.1 Å². The second-order valence-corrected chi connectivity index (χ2v) is 5.68. The van der Waals surface area contributed by atoms with Crippen LogP contribution in [0.25, 0.3) is 33.3 Å². The van der Waals surface area contributed by atoms with Crippen LogP contribution in [0.5, 0.6) is 11.5 Å². The molecular formula is C18H12N2O2S. The molecule has 4 aromatic rings. The van der Waals surface area contributed by atoms with E-state index in [1.807, 2.05) is 36.4 Å². The van der Waals surface area contributed by atoms with Crippen LogP contribution in [0.1, 0.15) is 0 Å². The molecule has 0 saturated carbocycles. The Morgan fingerprint density at radius 2 is 1.00 bits per heavy atom. The van der Waals surface area contributed by atoms with Crippen LogP contribution in [0.3, 0.4) is 0 Å². The normalized spacial score (nSPS) is 11.0. The van der Waals surface area contributed by atoms with E-state index in [1.165, 1.54) is 0 Å². The van der Waals surface area contributed by atoms with Crippen molar-refractivity contribution in [2.24, 2.45) is 0 Å². The van der Waals surface area contributed by atoms with Gasteiger partial charge in [0.05, 0.1) is 11.7 Å². The van der Waals surface area contributed by atoms with Gasteiger partial charge in [-0.3, -0.25) is 0 Å². The highest BCUT2D eigenvalue weighted by atomic mass is 32.1. The first-order valence-electron chi connectivity index (χ1n) is 7.07. The van der Waals surface area contributed by atoms with E-state index in [0.29, 0.717) is 11.1 Å². The summed E-state index contributed by atoms with van der Waals surface area (Å²) in [7, 11) is 0. The molecule has 0 saturated heterocycles. The molecule has 0 amide bonds. The van der Waals surface area contributed by atoms with E-state index in [9.17, 15) is 10.2 Å². The average Bonchev–Trinajstić information content (AvgIpc) is 3.05. The molecule has 0 unspecified atom stereocenters. The number of hydrogen-bond acceptors (Lipinski definition) is 5. The third-order valence-corrected chi connectivity index (χ3v) is 4.33. The van der Waals surface area contributed by atoms with Crippen LogP contribution >= 0.6 is 11.7 Å². The summed E-state index contributed by atoms with van der Waals surface area (Å²) in [5.41, 5.74) is 4.52. The number of aromatic hydroxyl groups is 2. The Morgan fingerprint density at radius 3 is 1.43 bits per heavy atom. The number of aromatic nitrogens is 2. The van der Waals surface area contributed by atoms with E-state index < -0.39 is 0 Å². The Labute approximate surface area is 136 Å². The SMILES string of the molecule is Oc1ccccc1-c1ccc(-c2ccccc2O)c2nsnc12. The van der Waals surface area contributed by atoms with Gasteiger partial charge in [-0.1, -0.05) is 48.5 Å². The van der Waals surface area contributed by atoms with Gasteiger partial charge in [-0.2, -0.15) is 8.75 Å². The van der Waals surface area contributed by atoms with Crippen LogP contribution < -0.4 is 0 Å². The number of hydrogen-bond donors (Lipinski definition) is 2. The summed E-state index contributed by atoms with van der Waals surface area (Å²) in [5.74, 6) is 0.411. The van der Waals surface area contributed by atoms with Gasteiger partial charge in [0, 0.05) is 22.3 Å². The number of phenolic OH excluding ortho intramolecular Hbond substituents is 2. The molecule has 0 aliphatic heterocycles. The van der Waals surface area contributed by atoms with E-state index in [-0.39, 0.29) is 11.5 Å². The fourth-order valence-electron chi connectivity index (χ4n) is 2.70. The van der Waals surface area contributed by atoms with Crippen LogP contribution in [-0.2, 0) is 0 Å². The maximum atomic E-state index is 10.1. The van der Waals surface area contributed by atoms with Gasteiger partial charge in [0.1, 0.15) is 22.5 Å². The molecule has 1 heterocycles. The maximum Gasteiger partial charge on any atom is 0.123 e. The Balaban J connectivity index is 2.00. The molecular weight excluding hydrogens is 308 g/mol. The zero-order valence-electron chi connectivity index (χ0n) is 12.0. The predicted molar refractivity (Wildman–Crippen MR) is 91.6 cm³/mol. The molecule has 0 atom stereocenters. The summed E-state index contributed by atoms with van der Waals surface area (Å²) in [6.45, 7) is 0. The summed E-state index contributed by atoms with van der Waals surface area (Å²) >= 11 is 1.12. The fourth-order valence-corrected chi connectivity index (χ4v) is 3.28. The predicted octanol–water partition coefficient (Wildman–Crippen LogP) is 4.44. The highest BCUT2D eigenvalue weighted by molar-refractivity contribution is 7.00. The van der Waals surface area contributed by atoms with E-state index in [2.05, 4.69) is 8.75 Å². The van der Waals surface area contributed by atoms with Gasteiger partial charge in [0.15, 0.2) is 0 Å². The van der Waals surface area contributed by atoms with Crippen molar-refractivity contribution in [3.63, 3.8) is 0 Å². The number of para-hydroxylation sites is 2. The standard InChI is InChI=1S/C18H12N2O2S/c21-15-7-3-1-5-11(15)13-9-10-14(18-17(13)19-23-20-18)12-6-2-4-8-16(12)22/h1-10,21-22H. The van der Waals surface area contributed by atoms with Crippen LogP contribution in [0.2, 0.25) is 0 Å². The summed E-state index contributed by atoms with van der Waals surface area (Å²) in [6, 6.07) is 18.1. The lowest BCUT2D eigenvalue weighted by atomic mass is 9.97. The minimum atomic E-state index is 0.206. The van der Waals surface area contributed by atoms with Crippen molar-refractivity contribution in [1.82, 2.24) is 8.75 Å². The monoisotopic (exact) mass is 320 g/mol. The smallest absolute Gasteiger partial charge is 0.123 e. The van der Waals surface area contributed by atoms with Gasteiger partial charge in [-0.15, -0.1) is 0 Å². The summed E-state index contributed by atoms with van der Waals surface area (Å²) in [4.78, 5) is 0. The minimum absolute atomic E-state index is 0.206. The summed E-state index contributed by atoms with van der Waals surface area (Å²) < 4.78 is 8.78. The molecule has 0 aliphatic rings. The Bertz CT molecular complexity index is 931. The van der Waals surface area contributed by atoms with Crippen molar-refractivity contribution in [2.45, 2.75) is 0 Å². The average molecular weight is 320 g/mol. The van der Waals surface area contributed by atoms with Gasteiger partial charge >= 0.3 is 0 Å². The largest absolute Gasteiger partial charge is 0.507 e. The lowest BCUT2D eigenvalue weighted by molar-refractivity contribution is 0.477. The third-order valence-electron chi connectivity index (χ3n) is 3.80. The third kappa shape index (κ3) is 2.22. The van der Waals surface area contributed by atoms with Gasteiger partial charge in [0.2, 0.25) is 0 Å². The van der Waals surface area contributed by atoms with Crippen molar-refractivity contribution >= 4 is 22.8 Å². The Hall–Kier alpha value is -2.92. The summed E-state index contributed by atoms with van der Waals surface area (Å²) in [6.07, 6.45) is 0. The van der Waals surface area contributed by atoms with Crippen LogP contribution in [0.4, 0.5) is 0 Å². The second-order valence-electron chi connectivity index (χ2n) is 5.16. The molecule has 1 aromatic heterocycles. The highest BCUT2D eigenvalue weighted by Gasteiger charge is 2.16. The lowest BCUT2D eigenvalue weighted by Gasteiger charge is -2.09. The molecule has 2 N–H and O–H groups in total. The topological polar surface area (TPSA) is 66.2 Å². The Kier molecular flexibility index (Phi) is 3.20. The van der Waals surface area contributed by atoms with E-state index in [1.54, 1.807) is 24.3 Å². The molecule has 112 valence electrons. The van der Waals surface area contributed by atoms with Crippen molar-refractivity contribution in [3.8, 4) is 33.8 Å². The zero-order chi connectivity index (χ0) is 15.8. The zero-order valence-corrected chi connectivity index (χ0v) is 12.8. The molecule has 0 fully saturated rings. The highest BCUT2D eigenvalue weighted by Crippen LogP contribution is 2.39. The van der Waals surface area contributed by atoms with E-state index in [4.69, 9.17) is 0 Å². The number of fused-ring (bicyclic) bond motifs is 1. The van der Waals surface area contributed by atoms with E-state index in [0.717, 1.165) is 33.9 Å². The second kappa shape index (κ2) is 5.37. The maximum absolute atomic E-state index is 10.1. The molecule has 5 heteroatoms. The first kappa shape index (κ1) is 13.7. The molecule has 23 heavy (non-hydrogen) atoms. The Morgan fingerprint density at radius 1 is 0.565 bits per heavy atom. The number of rotatable bonds is 2. The molecule has 0 radical (unpaired) electrons. The van der Waals surface area contributed by atoms with Crippen LogP contribution in [0, 0.1) is 0 Å². The molecule has 0 spiro atoms. The van der Waals surface area contributed by atoms with Gasteiger partial charge in [0.25, 0.3) is 0 Å². The minimum Gasteiger partial charge on any atom is -0.507 e. The molecule has 0 bridgehead atoms. The fraction of sp³-hybridized carbons (Fsp3) is 0. The number of benzene rings is 3. The van der Waals surface area contributed by atoms with Gasteiger partial charge < -0.3 is 10.2 Å². The molecule has 4 nitrogen and oxygen atoms in total. The quantitative estimate of drug-likeness (QED) is 0.573. The summed E-state index contributed by atoms with van der Waals surface area (Å²) in [5, 5.41) is 20.2. The van der Waals surface area contributed by atoms with Crippen molar-refractivity contribution in [3.05, 3.63) is 60.7 Å². The number of phenols is 2. The van der Waals surface area contributed by atoms with Gasteiger partial charge in [-0.25, -0.2) is 0 Å². The first-order valence-corrected chi connectivity index (χ1v) is 7.81. The van der Waals surface area contributed by atoms with Crippen molar-refractivity contribution in [2.75, 3.05) is 0 Å². The lowest BCUT2D eigenvalue weighted by Crippen LogP contribution is -1.86. The van der Waals surface area contributed by atoms with E-state index >= 15 is 0 Å². The first-order chi connectivity index (χ1) is 11.3. The molecule has 3 aromatic carbocycles. The number of nitrogens with zero attached hydrogens (tertiary/aromatic N) is 2. The van der Waals surface area contributed by atoms with Crippen LogP contribution in [-0.4, -0.2) is 19.0 Å². The molecule has 4 rings (SSSR count).